The van der Waals surface area contributed by atoms with Crippen LogP contribution in [0.5, 0.6) is 0 Å². The van der Waals surface area contributed by atoms with Crippen molar-refractivity contribution in [2.45, 2.75) is 83.7 Å². The van der Waals surface area contributed by atoms with E-state index in [2.05, 4.69) is 39.2 Å². The van der Waals surface area contributed by atoms with E-state index in [0.29, 0.717) is 5.06 Å². The lowest BCUT2D eigenvalue weighted by Crippen LogP contribution is -2.53. The second kappa shape index (κ2) is 11.8. The van der Waals surface area contributed by atoms with Crippen molar-refractivity contribution >= 4 is 32.2 Å². The van der Waals surface area contributed by atoms with Crippen LogP contribution in [0.2, 0.25) is 18.1 Å². The normalized spacial score (nSPS) is 17.5. The number of hydrogen-bond acceptors (Lipinski definition) is 7. The SMILES string of the molecule is C[C@H](C(NC(=O)OCC1c2ccccc2-c2ccccc21)C(=O)ON1C(=O)CCC1=O)[C@@H](C)O[Si](C)(C)C(C)(C)C. The van der Waals surface area contributed by atoms with Gasteiger partial charge in [-0.25, -0.2) is 9.59 Å². The Bertz CT molecular complexity index is 1270. The second-order valence-electron chi connectivity index (χ2n) is 12.4. The van der Waals surface area contributed by atoms with Crippen molar-refractivity contribution in [1.82, 2.24) is 10.4 Å². The Morgan fingerprint density at radius 3 is 1.98 bits per heavy atom. The first-order chi connectivity index (χ1) is 19.2. The average molecular weight is 581 g/mol. The molecule has 0 saturated carbocycles. The highest BCUT2D eigenvalue weighted by atomic mass is 28.4. The number of ether oxygens (including phenoxy) is 1. The molecule has 2 aromatic carbocycles. The molecule has 10 heteroatoms. The highest BCUT2D eigenvalue weighted by molar-refractivity contribution is 6.74. The molecule has 1 aliphatic carbocycles. The molecule has 3 amide bonds. The number of hydrogen-bond donors (Lipinski definition) is 1. The number of alkyl carbamates (subject to hydrolysis) is 1. The van der Waals surface area contributed by atoms with Gasteiger partial charge in [0.25, 0.3) is 11.8 Å². The van der Waals surface area contributed by atoms with E-state index in [0.717, 1.165) is 22.3 Å². The molecule has 0 aromatic heterocycles. The Balaban J connectivity index is 1.50. The van der Waals surface area contributed by atoms with Crippen LogP contribution in [-0.2, 0) is 28.4 Å². The number of amides is 3. The first-order valence-corrected chi connectivity index (χ1v) is 17.0. The highest BCUT2D eigenvalue weighted by Gasteiger charge is 2.43. The number of benzene rings is 2. The fourth-order valence-corrected chi connectivity index (χ4v) is 6.49. The minimum atomic E-state index is -2.22. The topological polar surface area (TPSA) is 111 Å². The fraction of sp³-hybridized carbons (Fsp3) is 0.484. The summed E-state index contributed by atoms with van der Waals surface area (Å²) in [5.41, 5.74) is 4.33. The number of nitrogens with zero attached hydrogens (tertiary/aromatic N) is 1. The predicted octanol–water partition coefficient (Wildman–Crippen LogP) is 5.55. The summed E-state index contributed by atoms with van der Waals surface area (Å²) in [5.74, 6) is -2.84. The summed E-state index contributed by atoms with van der Waals surface area (Å²) in [5, 5.41) is 3.06. The first kappa shape index (κ1) is 30.5. The van der Waals surface area contributed by atoms with Crippen molar-refractivity contribution in [3.63, 3.8) is 0 Å². The molecule has 9 nitrogen and oxygen atoms in total. The van der Waals surface area contributed by atoms with Gasteiger partial charge >= 0.3 is 12.1 Å². The summed E-state index contributed by atoms with van der Waals surface area (Å²) in [6, 6.07) is 14.8. The third-order valence-electron chi connectivity index (χ3n) is 8.61. The zero-order valence-corrected chi connectivity index (χ0v) is 25.9. The summed E-state index contributed by atoms with van der Waals surface area (Å²) >= 11 is 0. The van der Waals surface area contributed by atoms with E-state index in [1.807, 2.05) is 55.5 Å². The van der Waals surface area contributed by atoms with Gasteiger partial charge in [0.15, 0.2) is 8.32 Å². The Morgan fingerprint density at radius 2 is 1.46 bits per heavy atom. The minimum Gasteiger partial charge on any atom is -0.449 e. The van der Waals surface area contributed by atoms with Gasteiger partial charge in [0.2, 0.25) is 0 Å². The van der Waals surface area contributed by atoms with Crippen LogP contribution in [0.15, 0.2) is 48.5 Å². The van der Waals surface area contributed by atoms with Crippen molar-refractivity contribution in [3.8, 4) is 11.1 Å². The molecule has 2 aromatic rings. The van der Waals surface area contributed by atoms with Crippen LogP contribution < -0.4 is 5.32 Å². The first-order valence-electron chi connectivity index (χ1n) is 14.1. The molecule has 1 N–H and O–H groups in total. The van der Waals surface area contributed by atoms with Gasteiger partial charge in [-0.2, -0.15) is 0 Å². The number of imide groups is 1. The quantitative estimate of drug-likeness (QED) is 0.306. The zero-order valence-electron chi connectivity index (χ0n) is 24.9. The fourth-order valence-electron chi connectivity index (χ4n) is 5.00. The largest absolute Gasteiger partial charge is 0.449 e. The van der Waals surface area contributed by atoms with E-state index < -0.39 is 50.3 Å². The Hall–Kier alpha value is -3.50. The number of carbonyl (C=O) groups is 4. The van der Waals surface area contributed by atoms with Crippen molar-refractivity contribution in [2.24, 2.45) is 5.92 Å². The van der Waals surface area contributed by atoms with Crippen molar-refractivity contribution in [1.29, 1.82) is 0 Å². The monoisotopic (exact) mass is 580 g/mol. The molecular formula is C31H40N2O7Si. The van der Waals surface area contributed by atoms with Crippen LogP contribution in [0.1, 0.15) is 64.5 Å². The maximum absolute atomic E-state index is 13.3. The Labute approximate surface area is 242 Å². The van der Waals surface area contributed by atoms with Gasteiger partial charge in [0.05, 0.1) is 0 Å². The van der Waals surface area contributed by atoms with E-state index in [9.17, 15) is 19.2 Å². The lowest BCUT2D eigenvalue weighted by Gasteiger charge is -2.40. The molecule has 220 valence electrons. The molecule has 0 radical (unpaired) electrons. The molecule has 4 rings (SSSR count). The lowest BCUT2D eigenvalue weighted by atomic mass is 9.97. The van der Waals surface area contributed by atoms with Gasteiger partial charge < -0.3 is 19.3 Å². The van der Waals surface area contributed by atoms with Crippen LogP contribution in [0.25, 0.3) is 11.1 Å². The van der Waals surface area contributed by atoms with Crippen molar-refractivity contribution in [3.05, 3.63) is 59.7 Å². The van der Waals surface area contributed by atoms with Crippen molar-refractivity contribution in [2.75, 3.05) is 6.61 Å². The van der Waals surface area contributed by atoms with Crippen LogP contribution in [-0.4, -0.2) is 56.0 Å². The predicted molar refractivity (Wildman–Crippen MR) is 156 cm³/mol. The van der Waals surface area contributed by atoms with Gasteiger partial charge in [-0.3, -0.25) is 9.59 Å². The van der Waals surface area contributed by atoms with Crippen molar-refractivity contribution < 1.29 is 33.2 Å². The molecule has 1 aliphatic heterocycles. The summed E-state index contributed by atoms with van der Waals surface area (Å²) in [4.78, 5) is 55.9. The molecule has 1 saturated heterocycles. The summed E-state index contributed by atoms with van der Waals surface area (Å²) in [6.45, 7) is 14.2. The highest BCUT2D eigenvalue weighted by Crippen LogP contribution is 2.44. The van der Waals surface area contributed by atoms with Gasteiger partial charge in [-0.1, -0.05) is 76.2 Å². The van der Waals surface area contributed by atoms with Crippen LogP contribution in [0.4, 0.5) is 4.79 Å². The van der Waals surface area contributed by atoms with Gasteiger partial charge in [0.1, 0.15) is 12.6 Å². The standard InChI is InChI=1S/C31H40N2O7Si/c1-19(20(2)40-41(6,7)31(3,4)5)28(29(36)39-33-26(34)16-17-27(33)35)32-30(37)38-18-25-23-14-10-8-12-21(23)22-13-9-11-15-24(22)25/h8-15,19-20,25,28H,16-18H2,1-7H3,(H,32,37)/t19-,20+,28?/m0/s1. The van der Waals surface area contributed by atoms with Gasteiger partial charge in [-0.05, 0) is 47.3 Å². The minimum absolute atomic E-state index is 0.0307. The zero-order chi connectivity index (χ0) is 30.1. The second-order valence-corrected chi connectivity index (χ2v) is 17.1. The molecular weight excluding hydrogens is 540 g/mol. The van der Waals surface area contributed by atoms with Crippen LogP contribution in [0, 0.1) is 5.92 Å². The Kier molecular flexibility index (Phi) is 8.75. The Morgan fingerprint density at radius 1 is 0.951 bits per heavy atom. The van der Waals surface area contributed by atoms with E-state index in [-0.39, 0.29) is 30.4 Å². The smallest absolute Gasteiger partial charge is 0.407 e. The molecule has 2 aliphatic rings. The average Bonchev–Trinajstić information content (AvgIpc) is 3.40. The maximum atomic E-state index is 13.3. The summed E-state index contributed by atoms with van der Waals surface area (Å²) in [7, 11) is -2.22. The molecule has 1 unspecified atom stereocenters. The lowest BCUT2D eigenvalue weighted by molar-refractivity contribution is -0.200. The molecule has 0 spiro atoms. The third-order valence-corrected chi connectivity index (χ3v) is 13.2. The molecule has 0 bridgehead atoms. The molecule has 41 heavy (non-hydrogen) atoms. The maximum Gasteiger partial charge on any atom is 0.407 e. The number of carbonyl (C=O) groups excluding carboxylic acids is 4. The number of hydroxylamine groups is 2. The van der Waals surface area contributed by atoms with Crippen LogP contribution >= 0.6 is 0 Å². The number of rotatable bonds is 9. The molecule has 3 atom stereocenters. The van der Waals surface area contributed by atoms with Gasteiger partial charge in [-0.15, -0.1) is 5.06 Å². The van der Waals surface area contributed by atoms with Gasteiger partial charge in [0, 0.05) is 30.8 Å². The van der Waals surface area contributed by atoms with E-state index in [4.69, 9.17) is 14.0 Å². The number of nitrogens with one attached hydrogen (secondary N) is 1. The van der Waals surface area contributed by atoms with E-state index in [1.165, 1.54) is 0 Å². The van der Waals surface area contributed by atoms with Crippen LogP contribution in [0.3, 0.4) is 0 Å². The summed E-state index contributed by atoms with van der Waals surface area (Å²) < 4.78 is 12.2. The number of fused-ring (bicyclic) bond motifs is 3. The van der Waals surface area contributed by atoms with E-state index >= 15 is 0 Å². The van der Waals surface area contributed by atoms with E-state index in [1.54, 1.807) is 6.92 Å². The summed E-state index contributed by atoms with van der Waals surface area (Å²) in [6.07, 6.45) is -1.32. The molecule has 1 heterocycles. The molecule has 1 fully saturated rings. The third kappa shape index (κ3) is 6.38.